The summed E-state index contributed by atoms with van der Waals surface area (Å²) in [5.74, 6) is 3.34. The Morgan fingerprint density at radius 3 is 2.78 bits per heavy atom. The molecule has 0 spiro atoms. The van der Waals surface area contributed by atoms with Crippen molar-refractivity contribution in [2.24, 2.45) is 7.05 Å². The van der Waals surface area contributed by atoms with Crippen molar-refractivity contribution in [1.82, 2.24) is 34.5 Å². The zero-order chi connectivity index (χ0) is 16.1. The largest absolute Gasteiger partial charge is 0.344 e. The van der Waals surface area contributed by atoms with E-state index in [1.54, 1.807) is 11.0 Å². The second kappa shape index (κ2) is 5.00. The molecule has 4 rings (SSSR count). The van der Waals surface area contributed by atoms with Crippen molar-refractivity contribution < 1.29 is 0 Å². The van der Waals surface area contributed by atoms with Crippen LogP contribution in [-0.2, 0) is 13.6 Å². The van der Waals surface area contributed by atoms with Crippen LogP contribution in [0.25, 0.3) is 11.0 Å². The quantitative estimate of drug-likeness (QED) is 0.716. The number of hydrogen-bond donors (Lipinski definition) is 0. The van der Waals surface area contributed by atoms with Gasteiger partial charge in [0.25, 0.3) is 0 Å². The molecular formula is C15H20N8. The Labute approximate surface area is 134 Å². The van der Waals surface area contributed by atoms with Gasteiger partial charge < -0.3 is 9.47 Å². The lowest BCUT2D eigenvalue weighted by Crippen LogP contribution is -2.38. The van der Waals surface area contributed by atoms with Gasteiger partial charge in [-0.05, 0) is 6.92 Å². The van der Waals surface area contributed by atoms with E-state index < -0.39 is 0 Å². The Balaban J connectivity index is 1.78. The average Bonchev–Trinajstić information content (AvgIpc) is 3.13. The standard InChI is InChI=1S/C15H20N8/c1-9(2)12-19-20-13-10(3)22(5-6-23(12)13)15-11-7-18-21(4)14(11)16-8-17-15/h7-10H,5-6H2,1-4H3/t10-/m0/s1. The fraction of sp³-hybridized carbons (Fsp3) is 0.533. The summed E-state index contributed by atoms with van der Waals surface area (Å²) in [7, 11) is 1.89. The number of aromatic nitrogens is 7. The first-order valence-corrected chi connectivity index (χ1v) is 7.90. The van der Waals surface area contributed by atoms with E-state index >= 15 is 0 Å². The Kier molecular flexibility index (Phi) is 3.07. The summed E-state index contributed by atoms with van der Waals surface area (Å²) < 4.78 is 4.02. The third-order valence-corrected chi connectivity index (χ3v) is 4.51. The first-order valence-electron chi connectivity index (χ1n) is 7.90. The predicted octanol–water partition coefficient (Wildman–Crippen LogP) is 1.66. The van der Waals surface area contributed by atoms with Crippen LogP contribution in [0, 0.1) is 0 Å². The lowest BCUT2D eigenvalue weighted by Gasteiger charge is -2.35. The van der Waals surface area contributed by atoms with Crippen molar-refractivity contribution in [3.05, 3.63) is 24.2 Å². The Bertz CT molecular complexity index is 862. The Hall–Kier alpha value is -2.51. The molecule has 0 aliphatic carbocycles. The van der Waals surface area contributed by atoms with Gasteiger partial charge in [0.05, 0.1) is 17.6 Å². The molecule has 0 bridgehead atoms. The van der Waals surface area contributed by atoms with Gasteiger partial charge in [0.15, 0.2) is 11.5 Å². The maximum Gasteiger partial charge on any atom is 0.163 e. The number of fused-ring (bicyclic) bond motifs is 2. The van der Waals surface area contributed by atoms with Crippen molar-refractivity contribution in [2.45, 2.75) is 39.3 Å². The minimum Gasteiger partial charge on any atom is -0.344 e. The van der Waals surface area contributed by atoms with E-state index in [2.05, 4.69) is 55.5 Å². The highest BCUT2D eigenvalue weighted by atomic mass is 15.4. The van der Waals surface area contributed by atoms with Crippen molar-refractivity contribution in [3.8, 4) is 0 Å². The van der Waals surface area contributed by atoms with Gasteiger partial charge in [-0.1, -0.05) is 13.8 Å². The SMILES string of the molecule is CC(C)c1nnc2n1CCN(c1ncnc3c1cnn3C)[C@H]2C. The summed E-state index contributed by atoms with van der Waals surface area (Å²) in [6.45, 7) is 8.18. The van der Waals surface area contributed by atoms with Gasteiger partial charge in [0.2, 0.25) is 0 Å². The summed E-state index contributed by atoms with van der Waals surface area (Å²) in [4.78, 5) is 11.1. The molecule has 0 aromatic carbocycles. The van der Waals surface area contributed by atoms with Crippen LogP contribution in [0.15, 0.2) is 12.5 Å². The van der Waals surface area contributed by atoms with Crippen molar-refractivity contribution in [1.29, 1.82) is 0 Å². The maximum absolute atomic E-state index is 4.51. The van der Waals surface area contributed by atoms with Crippen LogP contribution < -0.4 is 4.90 Å². The molecule has 1 aliphatic rings. The maximum atomic E-state index is 4.51. The van der Waals surface area contributed by atoms with Crippen LogP contribution in [0.5, 0.6) is 0 Å². The number of aryl methyl sites for hydroxylation is 1. The van der Waals surface area contributed by atoms with Gasteiger partial charge in [0.1, 0.15) is 18.0 Å². The van der Waals surface area contributed by atoms with Crippen molar-refractivity contribution in [3.63, 3.8) is 0 Å². The average molecular weight is 312 g/mol. The highest BCUT2D eigenvalue weighted by molar-refractivity contribution is 5.86. The van der Waals surface area contributed by atoms with Crippen molar-refractivity contribution >= 4 is 16.9 Å². The molecule has 3 aromatic heterocycles. The fourth-order valence-corrected chi connectivity index (χ4v) is 3.30. The van der Waals surface area contributed by atoms with Crippen LogP contribution in [0.3, 0.4) is 0 Å². The van der Waals surface area contributed by atoms with E-state index in [9.17, 15) is 0 Å². The molecule has 8 heteroatoms. The zero-order valence-corrected chi connectivity index (χ0v) is 13.8. The second-order valence-corrected chi connectivity index (χ2v) is 6.29. The van der Waals surface area contributed by atoms with E-state index in [0.29, 0.717) is 5.92 Å². The topological polar surface area (TPSA) is 77.6 Å². The Morgan fingerprint density at radius 2 is 2.00 bits per heavy atom. The van der Waals surface area contributed by atoms with Gasteiger partial charge in [-0.3, -0.25) is 4.68 Å². The van der Waals surface area contributed by atoms with Crippen LogP contribution in [-0.4, -0.2) is 41.1 Å². The molecule has 0 amide bonds. The summed E-state index contributed by atoms with van der Waals surface area (Å²) in [6.07, 6.45) is 3.43. The van der Waals surface area contributed by atoms with E-state index in [1.807, 2.05) is 13.2 Å². The van der Waals surface area contributed by atoms with Gasteiger partial charge in [-0.25, -0.2) is 9.97 Å². The lowest BCUT2D eigenvalue weighted by atomic mass is 10.1. The molecule has 0 unspecified atom stereocenters. The van der Waals surface area contributed by atoms with Crippen LogP contribution >= 0.6 is 0 Å². The molecule has 0 N–H and O–H groups in total. The monoisotopic (exact) mass is 312 g/mol. The van der Waals surface area contributed by atoms with Gasteiger partial charge in [0, 0.05) is 26.1 Å². The summed E-state index contributed by atoms with van der Waals surface area (Å²) in [5, 5.41) is 14.1. The first-order chi connectivity index (χ1) is 11.1. The third-order valence-electron chi connectivity index (χ3n) is 4.51. The molecule has 3 aromatic rings. The van der Waals surface area contributed by atoms with Crippen LogP contribution in [0.4, 0.5) is 5.82 Å². The number of nitrogens with zero attached hydrogens (tertiary/aromatic N) is 8. The molecule has 23 heavy (non-hydrogen) atoms. The van der Waals surface area contributed by atoms with Crippen LogP contribution in [0.1, 0.15) is 44.4 Å². The van der Waals surface area contributed by atoms with Crippen molar-refractivity contribution in [2.75, 3.05) is 11.4 Å². The summed E-state index contributed by atoms with van der Waals surface area (Å²) >= 11 is 0. The molecule has 1 atom stereocenters. The van der Waals surface area contributed by atoms with Crippen LogP contribution in [0.2, 0.25) is 0 Å². The molecule has 4 heterocycles. The third kappa shape index (κ3) is 2.01. The van der Waals surface area contributed by atoms with Gasteiger partial charge in [-0.2, -0.15) is 5.10 Å². The first kappa shape index (κ1) is 14.1. The molecule has 120 valence electrons. The Morgan fingerprint density at radius 1 is 1.17 bits per heavy atom. The number of hydrogen-bond acceptors (Lipinski definition) is 6. The second-order valence-electron chi connectivity index (χ2n) is 6.29. The fourth-order valence-electron chi connectivity index (χ4n) is 3.30. The molecule has 0 radical (unpaired) electrons. The van der Waals surface area contributed by atoms with E-state index in [4.69, 9.17) is 0 Å². The molecule has 0 saturated carbocycles. The molecule has 1 aliphatic heterocycles. The molecule has 0 saturated heterocycles. The van der Waals surface area contributed by atoms with E-state index in [1.165, 1.54) is 0 Å². The summed E-state index contributed by atoms with van der Waals surface area (Å²) in [6, 6.07) is 0.113. The molecular weight excluding hydrogens is 292 g/mol. The molecule has 8 nitrogen and oxygen atoms in total. The predicted molar refractivity (Wildman–Crippen MR) is 86.2 cm³/mol. The number of anilines is 1. The lowest BCUT2D eigenvalue weighted by molar-refractivity contribution is 0.478. The molecule has 0 fully saturated rings. The van der Waals surface area contributed by atoms with E-state index in [0.717, 1.165) is 41.6 Å². The van der Waals surface area contributed by atoms with Gasteiger partial charge >= 0.3 is 0 Å². The highest BCUT2D eigenvalue weighted by Crippen LogP contribution is 2.33. The minimum atomic E-state index is 0.113. The normalized spacial score (nSPS) is 18.0. The van der Waals surface area contributed by atoms with Gasteiger partial charge in [-0.15, -0.1) is 10.2 Å². The summed E-state index contributed by atoms with van der Waals surface area (Å²) in [5.41, 5.74) is 0.845. The van der Waals surface area contributed by atoms with E-state index in [-0.39, 0.29) is 6.04 Å². The highest BCUT2D eigenvalue weighted by Gasteiger charge is 2.30. The minimum absolute atomic E-state index is 0.113. The number of rotatable bonds is 2. The smallest absolute Gasteiger partial charge is 0.163 e. The zero-order valence-electron chi connectivity index (χ0n) is 13.8.